The second-order valence-corrected chi connectivity index (χ2v) is 6.53. The number of anilines is 1. The largest absolute Gasteiger partial charge is 0.383 e. The topological polar surface area (TPSA) is 90.5 Å². The van der Waals surface area contributed by atoms with Crippen LogP contribution in [0.5, 0.6) is 0 Å². The number of fused-ring (bicyclic) bond motifs is 2. The maximum absolute atomic E-state index is 6.02. The van der Waals surface area contributed by atoms with E-state index in [9.17, 15) is 0 Å². The molecule has 4 heterocycles. The van der Waals surface area contributed by atoms with E-state index in [1.54, 1.807) is 0 Å². The summed E-state index contributed by atoms with van der Waals surface area (Å²) in [7, 11) is 0. The fraction of sp³-hybridized carbons (Fsp3) is 0. The molecular formula is C19H12N6S. The van der Waals surface area contributed by atoms with Gasteiger partial charge in [-0.05, 0) is 35.8 Å². The van der Waals surface area contributed by atoms with Gasteiger partial charge in [-0.3, -0.25) is 0 Å². The van der Waals surface area contributed by atoms with Gasteiger partial charge in [-0.1, -0.05) is 30.3 Å². The second-order valence-electron chi connectivity index (χ2n) is 5.78. The Morgan fingerprint density at radius 2 is 1.58 bits per heavy atom. The highest BCUT2D eigenvalue weighted by Gasteiger charge is 2.15. The number of hydrogen-bond donors (Lipinski definition) is 1. The molecule has 0 radical (unpaired) electrons. The van der Waals surface area contributed by atoms with Gasteiger partial charge >= 0.3 is 0 Å². The molecule has 0 aliphatic carbocycles. The van der Waals surface area contributed by atoms with Crippen molar-refractivity contribution in [3.63, 3.8) is 0 Å². The molecule has 26 heavy (non-hydrogen) atoms. The van der Waals surface area contributed by atoms with Crippen molar-refractivity contribution >= 4 is 38.6 Å². The lowest BCUT2D eigenvalue weighted by molar-refractivity contribution is 1.24. The molecule has 1 aromatic carbocycles. The molecule has 0 aliphatic rings. The van der Waals surface area contributed by atoms with Crippen molar-refractivity contribution in [3.8, 4) is 22.6 Å². The Hall–Kier alpha value is -3.45. The molecule has 7 heteroatoms. The molecule has 0 bridgehead atoms. The third-order valence-corrected chi connectivity index (χ3v) is 4.92. The van der Waals surface area contributed by atoms with Crippen molar-refractivity contribution in [2.75, 3.05) is 5.73 Å². The average molecular weight is 356 g/mol. The third-order valence-electron chi connectivity index (χ3n) is 4.17. The standard InChI is InChI=1S/C19H12N6S/c20-17-15-16(25-26-19(15)22-10-21-17)14-9-7-12-6-8-13(23-18(12)24-14)11-4-2-1-3-5-11/h1-10H,(H2,20,21,22). The van der Waals surface area contributed by atoms with Crippen LogP contribution in [0.2, 0.25) is 0 Å². The van der Waals surface area contributed by atoms with Crippen molar-refractivity contribution in [1.29, 1.82) is 0 Å². The van der Waals surface area contributed by atoms with Gasteiger partial charge in [-0.25, -0.2) is 19.9 Å². The van der Waals surface area contributed by atoms with Crippen LogP contribution in [0.1, 0.15) is 0 Å². The van der Waals surface area contributed by atoms with E-state index < -0.39 is 0 Å². The zero-order valence-corrected chi connectivity index (χ0v) is 14.3. The van der Waals surface area contributed by atoms with Crippen molar-refractivity contribution in [2.24, 2.45) is 0 Å². The quantitative estimate of drug-likeness (QED) is 0.515. The monoisotopic (exact) mass is 356 g/mol. The lowest BCUT2D eigenvalue weighted by Crippen LogP contribution is -1.94. The molecule has 124 valence electrons. The summed E-state index contributed by atoms with van der Waals surface area (Å²) in [5, 5.41) is 1.71. The van der Waals surface area contributed by atoms with E-state index in [1.807, 2.05) is 54.6 Å². The first-order valence-electron chi connectivity index (χ1n) is 7.99. The molecule has 0 saturated heterocycles. The predicted molar refractivity (Wildman–Crippen MR) is 104 cm³/mol. The highest BCUT2D eigenvalue weighted by Crippen LogP contribution is 2.32. The molecular weight excluding hydrogens is 344 g/mol. The summed E-state index contributed by atoms with van der Waals surface area (Å²) in [6.45, 7) is 0. The van der Waals surface area contributed by atoms with Gasteiger partial charge in [0.15, 0.2) is 5.65 Å². The van der Waals surface area contributed by atoms with E-state index in [2.05, 4.69) is 14.3 Å². The van der Waals surface area contributed by atoms with E-state index >= 15 is 0 Å². The van der Waals surface area contributed by atoms with Crippen LogP contribution in [0, 0.1) is 0 Å². The second kappa shape index (κ2) is 5.82. The SMILES string of the molecule is Nc1ncnc2snc(-c3ccc4ccc(-c5ccccc5)nc4n3)c12. The van der Waals surface area contributed by atoms with Crippen LogP contribution < -0.4 is 5.73 Å². The van der Waals surface area contributed by atoms with E-state index in [1.165, 1.54) is 17.9 Å². The minimum absolute atomic E-state index is 0.409. The molecule has 2 N–H and O–H groups in total. The number of benzene rings is 1. The van der Waals surface area contributed by atoms with E-state index in [4.69, 9.17) is 15.7 Å². The highest BCUT2D eigenvalue weighted by atomic mass is 32.1. The average Bonchev–Trinajstić information content (AvgIpc) is 3.13. The first kappa shape index (κ1) is 14.9. The number of nitrogen functional groups attached to an aromatic ring is 1. The van der Waals surface area contributed by atoms with Crippen molar-refractivity contribution in [2.45, 2.75) is 0 Å². The molecule has 0 unspecified atom stereocenters. The fourth-order valence-electron chi connectivity index (χ4n) is 2.88. The summed E-state index contributed by atoms with van der Waals surface area (Å²) in [6, 6.07) is 18.0. The van der Waals surface area contributed by atoms with Crippen LogP contribution in [0.3, 0.4) is 0 Å². The van der Waals surface area contributed by atoms with Gasteiger partial charge in [0.05, 0.1) is 16.8 Å². The van der Waals surface area contributed by atoms with Crippen molar-refractivity contribution < 1.29 is 0 Å². The maximum atomic E-state index is 6.02. The molecule has 0 saturated carbocycles. The zero-order valence-electron chi connectivity index (χ0n) is 13.5. The number of nitrogens with zero attached hydrogens (tertiary/aromatic N) is 5. The van der Waals surface area contributed by atoms with Crippen molar-refractivity contribution in [1.82, 2.24) is 24.3 Å². The molecule has 0 amide bonds. The Morgan fingerprint density at radius 1 is 0.808 bits per heavy atom. The summed E-state index contributed by atoms with van der Waals surface area (Å²) in [5.41, 5.74) is 10.0. The zero-order chi connectivity index (χ0) is 17.5. The van der Waals surface area contributed by atoms with Gasteiger partial charge in [0.2, 0.25) is 0 Å². The van der Waals surface area contributed by atoms with Crippen LogP contribution in [-0.4, -0.2) is 24.3 Å². The number of rotatable bonds is 2. The van der Waals surface area contributed by atoms with Gasteiger partial charge in [0.1, 0.15) is 22.7 Å². The van der Waals surface area contributed by atoms with Gasteiger partial charge in [0, 0.05) is 10.9 Å². The van der Waals surface area contributed by atoms with E-state index in [0.717, 1.165) is 26.9 Å². The predicted octanol–water partition coefficient (Wildman–Crippen LogP) is 3.95. The third kappa shape index (κ3) is 2.37. The van der Waals surface area contributed by atoms with Crippen LogP contribution in [0.4, 0.5) is 5.82 Å². The number of pyridine rings is 2. The molecule has 5 aromatic rings. The molecule has 6 nitrogen and oxygen atoms in total. The smallest absolute Gasteiger partial charge is 0.160 e. The highest BCUT2D eigenvalue weighted by molar-refractivity contribution is 7.13. The van der Waals surface area contributed by atoms with E-state index in [0.29, 0.717) is 22.9 Å². The van der Waals surface area contributed by atoms with Crippen LogP contribution in [0.25, 0.3) is 43.9 Å². The minimum Gasteiger partial charge on any atom is -0.383 e. The van der Waals surface area contributed by atoms with Gasteiger partial charge in [0.25, 0.3) is 0 Å². The summed E-state index contributed by atoms with van der Waals surface area (Å²) in [6.07, 6.45) is 1.45. The maximum Gasteiger partial charge on any atom is 0.160 e. The van der Waals surface area contributed by atoms with Gasteiger partial charge in [-0.15, -0.1) is 0 Å². The normalized spacial score (nSPS) is 11.2. The first-order valence-corrected chi connectivity index (χ1v) is 8.76. The molecule has 5 rings (SSSR count). The molecule has 0 aliphatic heterocycles. The van der Waals surface area contributed by atoms with Crippen molar-refractivity contribution in [3.05, 3.63) is 60.9 Å². The Labute approximate surface area is 152 Å². The number of hydrogen-bond acceptors (Lipinski definition) is 7. The minimum atomic E-state index is 0.409. The van der Waals surface area contributed by atoms with Crippen LogP contribution >= 0.6 is 11.5 Å². The molecule has 0 fully saturated rings. The molecule has 0 spiro atoms. The van der Waals surface area contributed by atoms with Crippen LogP contribution in [-0.2, 0) is 0 Å². The van der Waals surface area contributed by atoms with E-state index in [-0.39, 0.29) is 0 Å². The summed E-state index contributed by atoms with van der Waals surface area (Å²) in [4.78, 5) is 18.5. The number of nitrogens with two attached hydrogens (primary N) is 1. The Morgan fingerprint density at radius 3 is 2.42 bits per heavy atom. The Bertz CT molecular complexity index is 1250. The number of aromatic nitrogens is 5. The lowest BCUT2D eigenvalue weighted by atomic mass is 10.1. The molecule has 0 atom stereocenters. The Kier molecular flexibility index (Phi) is 3.32. The lowest BCUT2D eigenvalue weighted by Gasteiger charge is -2.05. The molecule has 4 aromatic heterocycles. The Balaban J connectivity index is 1.69. The summed E-state index contributed by atoms with van der Waals surface area (Å²) < 4.78 is 4.48. The van der Waals surface area contributed by atoms with Gasteiger partial charge in [-0.2, -0.15) is 4.37 Å². The summed E-state index contributed by atoms with van der Waals surface area (Å²) in [5.74, 6) is 0.409. The first-order chi connectivity index (χ1) is 12.8. The summed E-state index contributed by atoms with van der Waals surface area (Å²) >= 11 is 1.29. The van der Waals surface area contributed by atoms with Crippen LogP contribution in [0.15, 0.2) is 60.9 Å². The fourth-order valence-corrected chi connectivity index (χ4v) is 3.63. The van der Waals surface area contributed by atoms with Gasteiger partial charge < -0.3 is 5.73 Å².